The first-order valence-electron chi connectivity index (χ1n) is 6.80. The van der Waals surface area contributed by atoms with Gasteiger partial charge >= 0.3 is 11.9 Å². The van der Waals surface area contributed by atoms with Crippen LogP contribution in [0.15, 0.2) is 22.9 Å². The minimum atomic E-state index is -5.72. The third-order valence-corrected chi connectivity index (χ3v) is 5.54. The zero-order chi connectivity index (χ0) is 21.6. The topological polar surface area (TPSA) is 64.4 Å². The van der Waals surface area contributed by atoms with Crippen LogP contribution in [0.1, 0.15) is 5.56 Å². The molecule has 0 N–H and O–H groups in total. The zero-order valence-corrected chi connectivity index (χ0v) is 15.3. The Kier molecular flexibility index (Phi) is 6.10. The first-order chi connectivity index (χ1) is 12.8. The van der Waals surface area contributed by atoms with Crippen molar-refractivity contribution in [3.8, 4) is 6.07 Å². The molecule has 0 aromatic heterocycles. The molecule has 154 valence electrons. The Labute approximate surface area is 163 Å². The summed E-state index contributed by atoms with van der Waals surface area (Å²) in [5.41, 5.74) is -3.74. The SMILES string of the molecule is N#CC1C(Cl)=C(CF)N(c2c(F)cc(C(F)(F)F)cc2Cl)N1S(=O)(=O)C(F)F. The Morgan fingerprint density at radius 2 is 1.82 bits per heavy atom. The lowest BCUT2D eigenvalue weighted by molar-refractivity contribution is -0.137. The van der Waals surface area contributed by atoms with Gasteiger partial charge in [-0.15, -0.1) is 0 Å². The summed E-state index contributed by atoms with van der Waals surface area (Å²) < 4.78 is 116. The van der Waals surface area contributed by atoms with E-state index in [4.69, 9.17) is 28.5 Å². The summed E-state index contributed by atoms with van der Waals surface area (Å²) in [6.07, 6.45) is -5.05. The second kappa shape index (κ2) is 7.58. The van der Waals surface area contributed by atoms with Crippen molar-refractivity contribution in [2.75, 3.05) is 11.7 Å². The fourth-order valence-electron chi connectivity index (χ4n) is 2.32. The van der Waals surface area contributed by atoms with Crippen LogP contribution in [0.25, 0.3) is 0 Å². The summed E-state index contributed by atoms with van der Waals surface area (Å²) in [6, 6.07) is -0.907. The largest absolute Gasteiger partial charge is 0.416 e. The molecule has 1 heterocycles. The lowest BCUT2D eigenvalue weighted by Gasteiger charge is -2.32. The van der Waals surface area contributed by atoms with Crippen molar-refractivity contribution >= 4 is 38.9 Å². The third-order valence-electron chi connectivity index (χ3n) is 3.48. The minimum absolute atomic E-state index is 0.0739. The summed E-state index contributed by atoms with van der Waals surface area (Å²) in [6.45, 7) is -1.68. The minimum Gasteiger partial charge on any atom is -0.255 e. The quantitative estimate of drug-likeness (QED) is 0.610. The van der Waals surface area contributed by atoms with Gasteiger partial charge in [0, 0.05) is 0 Å². The van der Waals surface area contributed by atoms with E-state index < -0.39 is 71.9 Å². The molecule has 5 nitrogen and oxygen atoms in total. The number of rotatable bonds is 4. The first-order valence-corrected chi connectivity index (χ1v) is 9.06. The smallest absolute Gasteiger partial charge is 0.255 e. The van der Waals surface area contributed by atoms with Crippen LogP contribution in [0.5, 0.6) is 0 Å². The normalized spacial score (nSPS) is 18.9. The van der Waals surface area contributed by atoms with Crippen LogP contribution in [0.3, 0.4) is 0 Å². The van der Waals surface area contributed by atoms with Crippen molar-refractivity contribution in [3.63, 3.8) is 0 Å². The molecule has 0 spiro atoms. The molecule has 1 unspecified atom stereocenters. The average Bonchev–Trinajstić information content (AvgIpc) is 2.85. The second-order valence-electron chi connectivity index (χ2n) is 5.14. The molecule has 0 aliphatic carbocycles. The van der Waals surface area contributed by atoms with Gasteiger partial charge in [-0.1, -0.05) is 27.6 Å². The van der Waals surface area contributed by atoms with Gasteiger partial charge in [-0.3, -0.25) is 5.01 Å². The molecule has 0 fully saturated rings. The molecule has 28 heavy (non-hydrogen) atoms. The Bertz CT molecular complexity index is 952. The number of hydrogen-bond donors (Lipinski definition) is 0. The van der Waals surface area contributed by atoms with Crippen molar-refractivity contribution in [2.24, 2.45) is 0 Å². The molecule has 0 saturated heterocycles. The lowest BCUT2D eigenvalue weighted by Crippen LogP contribution is -2.49. The van der Waals surface area contributed by atoms with Crippen LogP contribution < -0.4 is 5.01 Å². The van der Waals surface area contributed by atoms with Crippen LogP contribution in [-0.2, 0) is 16.2 Å². The third kappa shape index (κ3) is 3.61. The summed E-state index contributed by atoms with van der Waals surface area (Å²) >= 11 is 11.3. The number of nitrogens with zero attached hydrogens (tertiary/aromatic N) is 3. The summed E-state index contributed by atoms with van der Waals surface area (Å²) in [5, 5.41) is 7.03. The van der Waals surface area contributed by atoms with Crippen molar-refractivity contribution in [2.45, 2.75) is 18.0 Å². The Morgan fingerprint density at radius 1 is 1.25 bits per heavy atom. The van der Waals surface area contributed by atoms with Crippen LogP contribution in [-0.4, -0.2) is 31.3 Å². The molecule has 1 aliphatic heterocycles. The van der Waals surface area contributed by atoms with Crippen molar-refractivity contribution in [1.29, 1.82) is 5.26 Å². The number of sulfonamides is 1. The van der Waals surface area contributed by atoms with Crippen molar-refractivity contribution in [3.05, 3.63) is 39.3 Å². The Morgan fingerprint density at radius 3 is 2.21 bits per heavy atom. The van der Waals surface area contributed by atoms with Gasteiger partial charge in [0.25, 0.3) is 10.0 Å². The van der Waals surface area contributed by atoms with E-state index in [9.17, 15) is 39.2 Å². The highest BCUT2D eigenvalue weighted by molar-refractivity contribution is 7.89. The van der Waals surface area contributed by atoms with Gasteiger partial charge in [0.2, 0.25) is 0 Å². The van der Waals surface area contributed by atoms with Gasteiger partial charge in [0.1, 0.15) is 18.2 Å². The summed E-state index contributed by atoms with van der Waals surface area (Å²) in [4.78, 5) is 0. The highest BCUT2D eigenvalue weighted by atomic mass is 35.5. The number of nitriles is 1. The maximum absolute atomic E-state index is 14.4. The predicted molar refractivity (Wildman–Crippen MR) is 83.9 cm³/mol. The molecule has 2 rings (SSSR count). The second-order valence-corrected chi connectivity index (χ2v) is 7.71. The van der Waals surface area contributed by atoms with E-state index in [0.717, 1.165) is 0 Å². The summed E-state index contributed by atoms with van der Waals surface area (Å²) in [7, 11) is -5.72. The van der Waals surface area contributed by atoms with E-state index in [1.165, 1.54) is 6.07 Å². The van der Waals surface area contributed by atoms with E-state index in [1.807, 2.05) is 0 Å². The maximum Gasteiger partial charge on any atom is 0.416 e. The Hall–Kier alpha value is -1.75. The maximum atomic E-state index is 14.4. The van der Waals surface area contributed by atoms with Crippen LogP contribution in [0.2, 0.25) is 5.02 Å². The molecular formula is C13H6Cl2F7N3O2S. The van der Waals surface area contributed by atoms with Crippen molar-refractivity contribution in [1.82, 2.24) is 4.41 Å². The number of anilines is 1. The van der Waals surface area contributed by atoms with E-state index in [0.29, 0.717) is 0 Å². The predicted octanol–water partition coefficient (Wildman–Crippen LogP) is 4.40. The molecule has 1 aromatic carbocycles. The fourth-order valence-corrected chi connectivity index (χ4v) is 3.96. The first kappa shape index (κ1) is 22.5. The number of halogens is 9. The fraction of sp³-hybridized carbons (Fsp3) is 0.308. The van der Waals surface area contributed by atoms with E-state index in [-0.39, 0.29) is 17.1 Å². The summed E-state index contributed by atoms with van der Waals surface area (Å²) in [5.74, 6) is -5.96. The standard InChI is InChI=1S/C13H6Cl2F7N3O2S/c14-6-1-5(13(20,21)22)2-7(17)11(6)24-8(3-16)10(15)9(4-23)25(24)28(26,27)12(18)19/h1-2,9,12H,3H2. The molecular weight excluding hydrogens is 466 g/mol. The Balaban J connectivity index is 2.81. The number of allylic oxidation sites excluding steroid dienone is 1. The molecule has 1 atom stereocenters. The van der Waals surface area contributed by atoms with Gasteiger partial charge in [-0.2, -0.15) is 27.2 Å². The molecule has 0 amide bonds. The van der Waals surface area contributed by atoms with Crippen LogP contribution in [0, 0.1) is 17.1 Å². The van der Waals surface area contributed by atoms with Crippen LogP contribution in [0.4, 0.5) is 36.4 Å². The van der Waals surface area contributed by atoms with Crippen molar-refractivity contribution < 1.29 is 39.2 Å². The molecule has 15 heteroatoms. The number of hydrazine groups is 1. The monoisotopic (exact) mass is 471 g/mol. The number of hydrogen-bond acceptors (Lipinski definition) is 4. The van der Waals surface area contributed by atoms with Gasteiger partial charge in [-0.25, -0.2) is 17.2 Å². The lowest BCUT2D eigenvalue weighted by atomic mass is 10.1. The highest BCUT2D eigenvalue weighted by Gasteiger charge is 2.51. The van der Waals surface area contributed by atoms with Gasteiger partial charge < -0.3 is 0 Å². The molecule has 0 saturated carbocycles. The van der Waals surface area contributed by atoms with Gasteiger partial charge in [0.15, 0.2) is 6.04 Å². The molecule has 0 radical (unpaired) electrons. The molecule has 1 aromatic rings. The number of benzene rings is 1. The van der Waals surface area contributed by atoms with Gasteiger partial charge in [-0.05, 0) is 12.1 Å². The molecule has 1 aliphatic rings. The van der Waals surface area contributed by atoms with E-state index in [2.05, 4.69) is 0 Å². The number of alkyl halides is 6. The van der Waals surface area contributed by atoms with Crippen LogP contribution >= 0.6 is 23.2 Å². The zero-order valence-electron chi connectivity index (χ0n) is 13.0. The molecule has 0 bridgehead atoms. The average molecular weight is 472 g/mol. The van der Waals surface area contributed by atoms with E-state index in [1.54, 1.807) is 0 Å². The van der Waals surface area contributed by atoms with Gasteiger partial charge in [0.05, 0.1) is 27.4 Å². The van der Waals surface area contributed by atoms with E-state index >= 15 is 0 Å². The highest BCUT2D eigenvalue weighted by Crippen LogP contribution is 2.45.